The normalized spacial score (nSPS) is 11.5. The van der Waals surface area contributed by atoms with Gasteiger partial charge in [0.25, 0.3) is 22.5 Å². The van der Waals surface area contributed by atoms with Crippen molar-refractivity contribution in [1.82, 2.24) is 9.44 Å². The van der Waals surface area contributed by atoms with Gasteiger partial charge in [-0.2, -0.15) is 8.42 Å². The van der Waals surface area contributed by atoms with Crippen LogP contribution in [0.1, 0.15) is 20.4 Å². The molecule has 0 aliphatic rings. The second-order valence-corrected chi connectivity index (χ2v) is 6.26. The van der Waals surface area contributed by atoms with E-state index in [-0.39, 0.29) is 14.9 Å². The lowest BCUT2D eigenvalue weighted by molar-refractivity contribution is 0.553. The molecule has 0 bridgehead atoms. The predicted molar refractivity (Wildman–Crippen MR) is 107 cm³/mol. The van der Waals surface area contributed by atoms with Crippen molar-refractivity contribution in [2.45, 2.75) is 21.8 Å². The highest BCUT2D eigenvalue weighted by Crippen LogP contribution is 2.11. The molecular weight excluding hydrogens is 360 g/mol. The van der Waals surface area contributed by atoms with Crippen LogP contribution in [0.4, 0.5) is 0 Å². The molecule has 2 atom stereocenters. The van der Waals surface area contributed by atoms with Crippen molar-refractivity contribution in [3.63, 3.8) is 0 Å². The van der Waals surface area contributed by atoms with Gasteiger partial charge in [0.15, 0.2) is 0 Å². The van der Waals surface area contributed by atoms with Crippen LogP contribution >= 0.6 is 0 Å². The summed E-state index contributed by atoms with van der Waals surface area (Å²) in [6.45, 7) is 1.98. The molecule has 2 N–H and O–H groups in total. The van der Waals surface area contributed by atoms with Crippen LogP contribution in [0.15, 0.2) is 54.6 Å². The van der Waals surface area contributed by atoms with Crippen molar-refractivity contribution in [2.24, 2.45) is 0 Å². The molecule has 6 nitrogen and oxygen atoms in total. The van der Waals surface area contributed by atoms with E-state index in [2.05, 4.69) is 9.44 Å². The minimum absolute atomic E-state index is 0. The van der Waals surface area contributed by atoms with E-state index >= 15 is 0 Å². The summed E-state index contributed by atoms with van der Waals surface area (Å²) >= 11 is -2.86. The van der Waals surface area contributed by atoms with Crippen LogP contribution < -0.4 is 17.8 Å². The zero-order chi connectivity index (χ0) is 17.1. The molecule has 0 saturated carbocycles. The molecule has 2 rings (SSSR count). The molecule has 142 valence electrons. The SMILES string of the molecule is C.C.CNS(=O)Oc1ccc(C)cc1.CNS(=O)Oc1ccccc1. The predicted octanol–water partition coefficient (Wildman–Crippen LogP) is 3.31. The van der Waals surface area contributed by atoms with Crippen molar-refractivity contribution in [3.05, 3.63) is 60.2 Å². The van der Waals surface area contributed by atoms with Crippen LogP contribution in [0.2, 0.25) is 0 Å². The number of para-hydroxylation sites is 1. The maximum absolute atomic E-state index is 10.8. The molecule has 2 unspecified atom stereocenters. The van der Waals surface area contributed by atoms with E-state index in [9.17, 15) is 8.42 Å². The van der Waals surface area contributed by atoms with E-state index in [1.165, 1.54) is 0 Å². The molecule has 0 fully saturated rings. The van der Waals surface area contributed by atoms with E-state index in [1.807, 2.05) is 37.3 Å². The summed E-state index contributed by atoms with van der Waals surface area (Å²) in [5.74, 6) is 1.20. The van der Waals surface area contributed by atoms with Crippen LogP contribution in [0.5, 0.6) is 11.5 Å². The first-order chi connectivity index (χ1) is 11.0. The number of hydrogen-bond donors (Lipinski definition) is 2. The number of aryl methyl sites for hydroxylation is 1. The summed E-state index contributed by atoms with van der Waals surface area (Å²) in [5.41, 5.74) is 1.15. The van der Waals surface area contributed by atoms with Crippen molar-refractivity contribution in [2.75, 3.05) is 14.1 Å². The second kappa shape index (κ2) is 14.6. The topological polar surface area (TPSA) is 76.7 Å². The lowest BCUT2D eigenvalue weighted by Gasteiger charge is -2.02. The Morgan fingerprint density at radius 3 is 1.52 bits per heavy atom. The summed E-state index contributed by atoms with van der Waals surface area (Å²) in [6, 6.07) is 16.4. The molecule has 0 aliphatic carbocycles. The monoisotopic (exact) mass is 388 g/mol. The van der Waals surface area contributed by atoms with Gasteiger partial charge in [-0.25, -0.2) is 9.44 Å². The molecule has 0 radical (unpaired) electrons. The first kappa shape index (κ1) is 25.5. The molecule has 0 amide bonds. The van der Waals surface area contributed by atoms with Crippen LogP contribution in [0, 0.1) is 6.92 Å². The number of benzene rings is 2. The zero-order valence-corrected chi connectivity index (χ0v) is 14.8. The summed E-state index contributed by atoms with van der Waals surface area (Å²) in [6.07, 6.45) is 0. The molecule has 2 aromatic rings. The van der Waals surface area contributed by atoms with Gasteiger partial charge in [-0.1, -0.05) is 50.7 Å². The number of hydrogen-bond acceptors (Lipinski definition) is 4. The van der Waals surface area contributed by atoms with E-state index < -0.39 is 22.5 Å². The van der Waals surface area contributed by atoms with Gasteiger partial charge in [-0.05, 0) is 45.3 Å². The summed E-state index contributed by atoms with van der Waals surface area (Å²) in [7, 11) is 3.14. The quantitative estimate of drug-likeness (QED) is 0.796. The Hall–Kier alpha value is -1.74. The molecule has 0 saturated heterocycles. The average molecular weight is 389 g/mol. The Bertz CT molecular complexity index is 622. The Balaban J connectivity index is 0. The number of nitrogens with one attached hydrogen (secondary N) is 2. The van der Waals surface area contributed by atoms with Crippen LogP contribution in [0.25, 0.3) is 0 Å². The Kier molecular flexibility index (Phi) is 14.9. The molecule has 2 aromatic carbocycles. The first-order valence-corrected chi connectivity index (χ1v) is 8.87. The van der Waals surface area contributed by atoms with E-state index in [4.69, 9.17) is 8.37 Å². The van der Waals surface area contributed by atoms with E-state index in [1.54, 1.807) is 38.4 Å². The molecule has 0 aromatic heterocycles. The van der Waals surface area contributed by atoms with Gasteiger partial charge in [-0.3, -0.25) is 0 Å². The third kappa shape index (κ3) is 11.4. The van der Waals surface area contributed by atoms with Crippen LogP contribution in [0.3, 0.4) is 0 Å². The van der Waals surface area contributed by atoms with Crippen molar-refractivity contribution >= 4 is 22.5 Å². The van der Waals surface area contributed by atoms with Crippen molar-refractivity contribution < 1.29 is 16.8 Å². The minimum atomic E-state index is -1.43. The molecule has 25 heavy (non-hydrogen) atoms. The zero-order valence-electron chi connectivity index (χ0n) is 13.1. The molecule has 8 heteroatoms. The third-order valence-electron chi connectivity index (χ3n) is 2.44. The first-order valence-electron chi connectivity index (χ1n) is 6.72. The van der Waals surface area contributed by atoms with Gasteiger partial charge >= 0.3 is 0 Å². The van der Waals surface area contributed by atoms with Crippen LogP contribution in [-0.4, -0.2) is 22.5 Å². The Labute approximate surface area is 156 Å². The highest BCUT2D eigenvalue weighted by Gasteiger charge is 1.97. The number of rotatable bonds is 6. The second-order valence-electron chi connectivity index (χ2n) is 4.17. The largest absolute Gasteiger partial charge is 0.389 e. The van der Waals surface area contributed by atoms with Gasteiger partial charge in [0, 0.05) is 0 Å². The fourth-order valence-corrected chi connectivity index (χ4v) is 2.07. The lowest BCUT2D eigenvalue weighted by atomic mass is 10.2. The molecule has 0 heterocycles. The highest BCUT2D eigenvalue weighted by molar-refractivity contribution is 7.78. The Morgan fingerprint density at radius 1 is 0.720 bits per heavy atom. The highest BCUT2D eigenvalue weighted by atomic mass is 32.2. The maximum Gasteiger partial charge on any atom is 0.287 e. The Morgan fingerprint density at radius 2 is 1.12 bits per heavy atom. The average Bonchev–Trinajstić information content (AvgIpc) is 2.58. The van der Waals surface area contributed by atoms with Gasteiger partial charge in [0.2, 0.25) is 0 Å². The minimum Gasteiger partial charge on any atom is -0.389 e. The van der Waals surface area contributed by atoms with Gasteiger partial charge in [-0.15, -0.1) is 0 Å². The summed E-state index contributed by atoms with van der Waals surface area (Å²) in [4.78, 5) is 0. The van der Waals surface area contributed by atoms with Crippen molar-refractivity contribution in [3.8, 4) is 11.5 Å². The molecule has 0 aliphatic heterocycles. The van der Waals surface area contributed by atoms with Crippen LogP contribution in [-0.2, 0) is 22.5 Å². The van der Waals surface area contributed by atoms with Crippen molar-refractivity contribution in [1.29, 1.82) is 0 Å². The summed E-state index contributed by atoms with van der Waals surface area (Å²) in [5, 5.41) is 0. The third-order valence-corrected chi connectivity index (χ3v) is 3.80. The maximum atomic E-state index is 10.8. The standard InChI is InChI=1S/C8H11NO2S.C7H9NO2S.2CH4/c1-7-3-5-8(6-4-7)11-12(10)9-2;1-8-11(9)10-7-5-3-2-4-6-7;;/h3-6,9H,1-2H3;2-6,8H,1H3;2*1H4. The lowest BCUT2D eigenvalue weighted by Crippen LogP contribution is -2.16. The smallest absolute Gasteiger partial charge is 0.287 e. The van der Waals surface area contributed by atoms with Gasteiger partial charge in [0.1, 0.15) is 11.5 Å². The molecule has 0 spiro atoms. The fourth-order valence-electron chi connectivity index (χ4n) is 1.33. The molecular formula is C17H28N2O4S2. The van der Waals surface area contributed by atoms with Gasteiger partial charge in [0.05, 0.1) is 0 Å². The fraction of sp³-hybridized carbons (Fsp3) is 0.294. The van der Waals surface area contributed by atoms with Gasteiger partial charge < -0.3 is 8.37 Å². The van der Waals surface area contributed by atoms with E-state index in [0.717, 1.165) is 5.56 Å². The van der Waals surface area contributed by atoms with E-state index in [0.29, 0.717) is 11.5 Å². The summed E-state index contributed by atoms with van der Waals surface area (Å²) < 4.78 is 36.4.